The minimum Gasteiger partial charge on any atom is -0.496 e. The van der Waals surface area contributed by atoms with Crippen LogP contribution < -0.4 is 15.4 Å². The molecule has 1 saturated carbocycles. The van der Waals surface area contributed by atoms with Crippen LogP contribution in [0.3, 0.4) is 0 Å². The first kappa shape index (κ1) is 28.1. The number of rotatable bonds is 10. The van der Waals surface area contributed by atoms with Crippen molar-refractivity contribution in [1.82, 2.24) is 15.5 Å². The lowest BCUT2D eigenvalue weighted by atomic mass is 9.85. The van der Waals surface area contributed by atoms with E-state index in [1.165, 1.54) is 25.0 Å². The number of carbonyl (C=O) groups is 1. The molecule has 8 heteroatoms. The second-order valence-electron chi connectivity index (χ2n) is 9.34. The normalized spacial score (nSPS) is 17.6. The van der Waals surface area contributed by atoms with Crippen LogP contribution in [0, 0.1) is 17.1 Å². The summed E-state index contributed by atoms with van der Waals surface area (Å²) in [5, 5.41) is 14.0. The number of nitrogens with one attached hydrogen (secondary N) is 3. The zero-order valence-electron chi connectivity index (χ0n) is 21.5. The van der Waals surface area contributed by atoms with Crippen molar-refractivity contribution in [2.24, 2.45) is 5.92 Å². The molecule has 2 unspecified atom stereocenters. The average Bonchev–Trinajstić information content (AvgIpc) is 2.87. The third kappa shape index (κ3) is 7.53. The van der Waals surface area contributed by atoms with Gasteiger partial charge in [-0.1, -0.05) is 42.3 Å². The highest BCUT2D eigenvalue weighted by atomic mass is 79.9. The van der Waals surface area contributed by atoms with Crippen LogP contribution in [0.4, 0.5) is 4.39 Å². The lowest BCUT2D eigenvalue weighted by Gasteiger charge is -2.36. The molecule has 3 rings (SSSR count). The highest BCUT2D eigenvalue weighted by Gasteiger charge is 2.25. The van der Waals surface area contributed by atoms with Crippen LogP contribution in [0.2, 0.25) is 0 Å². The maximum atomic E-state index is 14.8. The van der Waals surface area contributed by atoms with Crippen molar-refractivity contribution in [3.63, 3.8) is 0 Å². The Labute approximate surface area is 222 Å². The summed E-state index contributed by atoms with van der Waals surface area (Å²) in [7, 11) is 1.60. The van der Waals surface area contributed by atoms with Crippen molar-refractivity contribution in [2.45, 2.75) is 58.4 Å². The minimum atomic E-state index is -0.479. The maximum absolute atomic E-state index is 14.8. The van der Waals surface area contributed by atoms with Gasteiger partial charge in [0.15, 0.2) is 5.96 Å². The zero-order valence-corrected chi connectivity index (χ0v) is 23.1. The summed E-state index contributed by atoms with van der Waals surface area (Å²) in [5.41, 5.74) is 1.50. The number of hydrogen-bond donors (Lipinski definition) is 3. The Morgan fingerprint density at radius 1 is 1.19 bits per heavy atom. The molecule has 0 saturated heterocycles. The lowest BCUT2D eigenvalue weighted by molar-refractivity contribution is 0.0973. The Morgan fingerprint density at radius 3 is 2.69 bits per heavy atom. The van der Waals surface area contributed by atoms with Crippen molar-refractivity contribution in [1.29, 1.82) is 5.41 Å². The summed E-state index contributed by atoms with van der Waals surface area (Å²) in [6, 6.07) is 10.8. The van der Waals surface area contributed by atoms with Gasteiger partial charge >= 0.3 is 0 Å². The molecule has 36 heavy (non-hydrogen) atoms. The Morgan fingerprint density at radius 2 is 1.97 bits per heavy atom. The largest absolute Gasteiger partial charge is 0.496 e. The van der Waals surface area contributed by atoms with Gasteiger partial charge in [-0.15, -0.1) is 0 Å². The fourth-order valence-corrected chi connectivity index (χ4v) is 5.63. The highest BCUT2D eigenvalue weighted by Crippen LogP contribution is 2.28. The van der Waals surface area contributed by atoms with Crippen LogP contribution in [0.5, 0.6) is 5.75 Å². The van der Waals surface area contributed by atoms with Crippen LogP contribution in [0.1, 0.15) is 61.0 Å². The van der Waals surface area contributed by atoms with E-state index in [0.29, 0.717) is 36.9 Å². The van der Waals surface area contributed by atoms with Crippen LogP contribution in [-0.2, 0) is 12.8 Å². The van der Waals surface area contributed by atoms with Crippen LogP contribution in [0.15, 0.2) is 40.9 Å². The molecule has 2 aromatic carbocycles. The highest BCUT2D eigenvalue weighted by molar-refractivity contribution is 9.10. The monoisotopic (exact) mass is 560 g/mol. The van der Waals surface area contributed by atoms with Crippen molar-refractivity contribution in [3.8, 4) is 5.75 Å². The van der Waals surface area contributed by atoms with Gasteiger partial charge in [0.2, 0.25) is 0 Å². The smallest absolute Gasteiger partial charge is 0.258 e. The number of hydrogen-bond acceptors (Lipinski definition) is 4. The van der Waals surface area contributed by atoms with Crippen LogP contribution in [-0.4, -0.2) is 49.6 Å². The van der Waals surface area contributed by atoms with Crippen molar-refractivity contribution < 1.29 is 13.9 Å². The minimum absolute atomic E-state index is 0.0474. The molecule has 1 aliphatic carbocycles. The summed E-state index contributed by atoms with van der Waals surface area (Å²) >= 11 is 3.47. The summed E-state index contributed by atoms with van der Waals surface area (Å²) in [6.45, 7) is 7.16. The first-order valence-electron chi connectivity index (χ1n) is 12.8. The van der Waals surface area contributed by atoms with Gasteiger partial charge in [-0.3, -0.25) is 15.5 Å². The van der Waals surface area contributed by atoms with E-state index in [0.717, 1.165) is 41.7 Å². The van der Waals surface area contributed by atoms with E-state index in [4.69, 9.17) is 10.1 Å². The fraction of sp³-hybridized carbons (Fsp3) is 0.500. The molecule has 2 aromatic rings. The molecule has 0 bridgehead atoms. The molecule has 196 valence electrons. The molecule has 0 aliphatic heterocycles. The van der Waals surface area contributed by atoms with Gasteiger partial charge in [0.05, 0.1) is 7.11 Å². The summed E-state index contributed by atoms with van der Waals surface area (Å²) in [5.74, 6) is 0.228. The molecule has 6 nitrogen and oxygen atoms in total. The summed E-state index contributed by atoms with van der Waals surface area (Å²) < 4.78 is 21.1. The topological polar surface area (TPSA) is 77.5 Å². The van der Waals surface area contributed by atoms with Gasteiger partial charge in [0.1, 0.15) is 11.6 Å². The Bertz CT molecular complexity index is 1040. The average molecular weight is 562 g/mol. The second-order valence-corrected chi connectivity index (χ2v) is 10.3. The van der Waals surface area contributed by atoms with Gasteiger partial charge < -0.3 is 15.0 Å². The second kappa shape index (κ2) is 13.7. The third-order valence-corrected chi connectivity index (χ3v) is 7.63. The fourth-order valence-electron chi connectivity index (χ4n) is 5.22. The van der Waals surface area contributed by atoms with E-state index in [2.05, 4.69) is 45.3 Å². The van der Waals surface area contributed by atoms with Gasteiger partial charge in [0, 0.05) is 28.2 Å². The summed E-state index contributed by atoms with van der Waals surface area (Å²) in [6.07, 6.45) is 5.47. The number of halogens is 2. The van der Waals surface area contributed by atoms with E-state index < -0.39 is 11.7 Å². The molecule has 3 N–H and O–H groups in total. The van der Waals surface area contributed by atoms with E-state index in [1.807, 2.05) is 18.2 Å². The molecule has 1 amide bonds. The quantitative estimate of drug-likeness (QED) is 0.263. The van der Waals surface area contributed by atoms with Crippen LogP contribution >= 0.6 is 15.9 Å². The number of guanidine groups is 1. The summed E-state index contributed by atoms with van der Waals surface area (Å²) in [4.78, 5) is 15.5. The molecule has 0 radical (unpaired) electrons. The SMILES string of the molecule is CCN(CC)C1CCCC(CNC(=N)NC(=O)c2cccc(F)c2CCc2cc(Br)ccc2OC)C1. The van der Waals surface area contributed by atoms with Crippen molar-refractivity contribution in [2.75, 3.05) is 26.7 Å². The Kier molecular flexibility index (Phi) is 10.7. The Balaban J connectivity index is 1.59. The Hall–Kier alpha value is -2.45. The molecule has 0 heterocycles. The molecular formula is C28H38BrFN4O2. The number of ether oxygens (including phenoxy) is 1. The van der Waals surface area contributed by atoms with Crippen molar-refractivity contribution >= 4 is 27.8 Å². The molecular weight excluding hydrogens is 523 g/mol. The number of carbonyl (C=O) groups excluding carboxylic acids is 1. The van der Waals surface area contributed by atoms with E-state index in [-0.39, 0.29) is 11.5 Å². The van der Waals surface area contributed by atoms with E-state index >= 15 is 0 Å². The first-order chi connectivity index (χ1) is 17.4. The van der Waals surface area contributed by atoms with E-state index in [9.17, 15) is 9.18 Å². The molecule has 1 fully saturated rings. The number of aryl methyl sites for hydroxylation is 1. The number of amides is 1. The lowest BCUT2D eigenvalue weighted by Crippen LogP contribution is -2.45. The van der Waals surface area contributed by atoms with Gasteiger partial charge in [0.25, 0.3) is 5.91 Å². The first-order valence-corrected chi connectivity index (χ1v) is 13.6. The predicted octanol–water partition coefficient (Wildman–Crippen LogP) is 5.54. The zero-order chi connectivity index (χ0) is 26.1. The van der Waals surface area contributed by atoms with Gasteiger partial charge in [-0.25, -0.2) is 4.39 Å². The van der Waals surface area contributed by atoms with E-state index in [1.54, 1.807) is 13.2 Å². The third-order valence-electron chi connectivity index (χ3n) is 7.14. The number of benzene rings is 2. The standard InChI is InChI=1S/C28H38BrFN4O2/c1-4-34(5-2)22-9-6-8-19(16-22)18-32-28(31)33-27(35)24-10-7-11-25(30)23(24)14-12-20-17-21(29)13-15-26(20)36-3/h7,10-11,13,15,17,19,22H,4-6,8-9,12,14,16,18H2,1-3H3,(H3,31,32,33,35). The molecule has 2 atom stereocenters. The maximum Gasteiger partial charge on any atom is 0.258 e. The number of nitrogens with zero attached hydrogens (tertiary/aromatic N) is 1. The molecule has 1 aliphatic rings. The molecule has 0 spiro atoms. The van der Waals surface area contributed by atoms with Crippen molar-refractivity contribution in [3.05, 3.63) is 63.4 Å². The van der Waals surface area contributed by atoms with Gasteiger partial charge in [-0.05, 0) is 87.0 Å². The number of methoxy groups -OCH3 is 1. The van der Waals surface area contributed by atoms with Crippen LogP contribution in [0.25, 0.3) is 0 Å². The van der Waals surface area contributed by atoms with Gasteiger partial charge in [-0.2, -0.15) is 0 Å². The molecule has 0 aromatic heterocycles. The predicted molar refractivity (Wildman–Crippen MR) is 146 cm³/mol.